The molecule has 0 saturated carbocycles. The summed E-state index contributed by atoms with van der Waals surface area (Å²) in [4.78, 5) is 32.2. The first-order valence-corrected chi connectivity index (χ1v) is 10.7. The minimum Gasteiger partial charge on any atom is -0.443 e. The molecule has 4 N–H and O–H groups in total. The van der Waals surface area contributed by atoms with Gasteiger partial charge in [-0.2, -0.15) is 0 Å². The second-order valence-electron chi connectivity index (χ2n) is 8.85. The van der Waals surface area contributed by atoms with Crippen molar-refractivity contribution in [3.63, 3.8) is 0 Å². The molecule has 0 spiro atoms. The first kappa shape index (κ1) is 24.6. The SMILES string of the molecule is CC(C)(C)OC(=O)n1cc(-c2cccc(NC(=O)c3cc4cc(OC(F)(F)F)ccc4[nH]3)c2)nc1N. The maximum atomic E-state index is 12.8. The molecular weight excluding hydrogens is 479 g/mol. The van der Waals surface area contributed by atoms with Crippen LogP contribution in [0.2, 0.25) is 0 Å². The highest BCUT2D eigenvalue weighted by Crippen LogP contribution is 2.28. The van der Waals surface area contributed by atoms with Crippen LogP contribution in [0, 0.1) is 0 Å². The molecule has 2 aromatic heterocycles. The highest BCUT2D eigenvalue weighted by atomic mass is 19.4. The summed E-state index contributed by atoms with van der Waals surface area (Å²) < 4.78 is 47.7. The lowest BCUT2D eigenvalue weighted by molar-refractivity contribution is -0.274. The van der Waals surface area contributed by atoms with E-state index in [2.05, 4.69) is 20.0 Å². The number of nitrogen functional groups attached to an aromatic ring is 1. The van der Waals surface area contributed by atoms with E-state index in [0.717, 1.165) is 10.6 Å². The highest BCUT2D eigenvalue weighted by molar-refractivity contribution is 6.06. The van der Waals surface area contributed by atoms with Gasteiger partial charge in [-0.1, -0.05) is 12.1 Å². The number of nitrogens with zero attached hydrogens (tertiary/aromatic N) is 2. The lowest BCUT2D eigenvalue weighted by atomic mass is 10.1. The van der Waals surface area contributed by atoms with Crippen LogP contribution < -0.4 is 15.8 Å². The van der Waals surface area contributed by atoms with Gasteiger partial charge < -0.3 is 25.5 Å². The van der Waals surface area contributed by atoms with Crippen molar-refractivity contribution in [1.82, 2.24) is 14.5 Å². The molecule has 0 aliphatic rings. The van der Waals surface area contributed by atoms with Gasteiger partial charge in [0, 0.05) is 28.4 Å². The number of benzene rings is 2. The highest BCUT2D eigenvalue weighted by Gasteiger charge is 2.31. The number of halogens is 3. The van der Waals surface area contributed by atoms with Crippen molar-refractivity contribution in [2.24, 2.45) is 0 Å². The van der Waals surface area contributed by atoms with Crippen molar-refractivity contribution in [3.8, 4) is 17.0 Å². The largest absolute Gasteiger partial charge is 0.573 e. The van der Waals surface area contributed by atoms with Gasteiger partial charge in [-0.25, -0.2) is 14.3 Å². The summed E-state index contributed by atoms with van der Waals surface area (Å²) >= 11 is 0. The predicted molar refractivity (Wildman–Crippen MR) is 127 cm³/mol. The number of imidazole rings is 1. The molecule has 0 fully saturated rings. The van der Waals surface area contributed by atoms with Gasteiger partial charge in [-0.05, 0) is 57.2 Å². The topological polar surface area (TPSA) is 124 Å². The summed E-state index contributed by atoms with van der Waals surface area (Å²) in [6.07, 6.45) is -4.06. The van der Waals surface area contributed by atoms with Crippen molar-refractivity contribution in [2.45, 2.75) is 32.7 Å². The van der Waals surface area contributed by atoms with Crippen LogP contribution >= 0.6 is 0 Å². The minimum atomic E-state index is -4.82. The molecule has 0 radical (unpaired) electrons. The average Bonchev–Trinajstić information content (AvgIpc) is 3.35. The number of amides is 1. The van der Waals surface area contributed by atoms with Crippen LogP contribution in [0.5, 0.6) is 5.75 Å². The van der Waals surface area contributed by atoms with E-state index in [0.29, 0.717) is 27.8 Å². The fraction of sp³-hybridized carbons (Fsp3) is 0.208. The van der Waals surface area contributed by atoms with Gasteiger partial charge in [-0.15, -0.1) is 13.2 Å². The third-order valence-corrected chi connectivity index (χ3v) is 4.81. The molecule has 188 valence electrons. The first-order valence-electron chi connectivity index (χ1n) is 10.7. The predicted octanol–water partition coefficient (Wildman–Crippen LogP) is 5.55. The van der Waals surface area contributed by atoms with Crippen molar-refractivity contribution in [2.75, 3.05) is 11.1 Å². The van der Waals surface area contributed by atoms with Crippen molar-refractivity contribution >= 4 is 34.5 Å². The molecule has 2 heterocycles. The van der Waals surface area contributed by atoms with Crippen molar-refractivity contribution in [3.05, 3.63) is 60.4 Å². The Morgan fingerprint density at radius 2 is 1.83 bits per heavy atom. The number of aromatic nitrogens is 3. The number of ether oxygens (including phenoxy) is 2. The molecule has 0 aliphatic heterocycles. The molecular formula is C24H22F3N5O4. The monoisotopic (exact) mass is 501 g/mol. The molecule has 9 nitrogen and oxygen atoms in total. The molecule has 0 saturated heterocycles. The third kappa shape index (κ3) is 5.77. The summed E-state index contributed by atoms with van der Waals surface area (Å²) in [5.74, 6) is -0.958. The van der Waals surface area contributed by atoms with Crippen LogP contribution in [-0.2, 0) is 4.74 Å². The summed E-state index contributed by atoms with van der Waals surface area (Å²) in [5.41, 5.74) is 7.15. The molecule has 0 unspecified atom stereocenters. The van der Waals surface area contributed by atoms with Gasteiger partial charge in [-0.3, -0.25) is 4.79 Å². The average molecular weight is 501 g/mol. The summed E-state index contributed by atoms with van der Waals surface area (Å²) in [6.45, 7) is 5.19. The smallest absolute Gasteiger partial charge is 0.443 e. The maximum absolute atomic E-state index is 12.8. The number of H-pyrrole nitrogens is 1. The summed E-state index contributed by atoms with van der Waals surface area (Å²) in [7, 11) is 0. The number of hydrogen-bond donors (Lipinski definition) is 3. The van der Waals surface area contributed by atoms with Crippen LogP contribution in [0.3, 0.4) is 0 Å². The van der Waals surface area contributed by atoms with Gasteiger partial charge in [0.2, 0.25) is 5.95 Å². The zero-order chi connectivity index (χ0) is 26.3. The second-order valence-corrected chi connectivity index (χ2v) is 8.85. The fourth-order valence-electron chi connectivity index (χ4n) is 3.38. The second kappa shape index (κ2) is 8.95. The molecule has 0 atom stereocenters. The first-order chi connectivity index (χ1) is 16.8. The number of carbonyl (C=O) groups excluding carboxylic acids is 2. The number of nitrogens with one attached hydrogen (secondary N) is 2. The normalized spacial score (nSPS) is 11.9. The van der Waals surface area contributed by atoms with Crippen LogP contribution in [0.25, 0.3) is 22.2 Å². The Bertz CT molecular complexity index is 1450. The summed E-state index contributed by atoms with van der Waals surface area (Å²) in [6, 6.07) is 11.8. The van der Waals surface area contributed by atoms with E-state index in [-0.39, 0.29) is 11.6 Å². The Balaban J connectivity index is 1.52. The fourth-order valence-corrected chi connectivity index (χ4v) is 3.38. The Labute approximate surface area is 203 Å². The third-order valence-electron chi connectivity index (χ3n) is 4.81. The number of rotatable bonds is 4. The Hall–Kier alpha value is -4.48. The Morgan fingerprint density at radius 3 is 2.53 bits per heavy atom. The molecule has 0 aliphatic carbocycles. The molecule has 2 aromatic carbocycles. The van der Waals surface area contributed by atoms with Gasteiger partial charge >= 0.3 is 12.5 Å². The number of alkyl halides is 3. The van der Waals surface area contributed by atoms with E-state index < -0.39 is 29.7 Å². The van der Waals surface area contributed by atoms with Gasteiger partial charge in [0.25, 0.3) is 5.91 Å². The number of aromatic amines is 1. The number of carbonyl (C=O) groups is 2. The van der Waals surface area contributed by atoms with Crippen LogP contribution in [0.4, 0.5) is 29.6 Å². The van der Waals surface area contributed by atoms with E-state index >= 15 is 0 Å². The van der Waals surface area contributed by atoms with Crippen molar-refractivity contribution < 1.29 is 32.2 Å². The van der Waals surface area contributed by atoms with Crippen LogP contribution in [0.15, 0.2) is 54.7 Å². The standard InChI is InChI=1S/C24H22F3N5O4/c1-23(2,3)36-22(34)32-12-19(31-21(32)28)13-5-4-6-15(9-13)29-20(33)18-11-14-10-16(35-24(25,26)27)7-8-17(14)30-18/h4-12,30H,1-3H3,(H2,28,31)(H,29,33). The van der Waals surface area contributed by atoms with Crippen LogP contribution in [0.1, 0.15) is 31.3 Å². The maximum Gasteiger partial charge on any atom is 0.573 e. The molecule has 4 aromatic rings. The lowest BCUT2D eigenvalue weighted by Crippen LogP contribution is -2.27. The molecule has 1 amide bonds. The van der Waals surface area contributed by atoms with Crippen LogP contribution in [-0.4, -0.2) is 38.5 Å². The summed E-state index contributed by atoms with van der Waals surface area (Å²) in [5, 5.41) is 3.09. The molecule has 4 rings (SSSR count). The van der Waals surface area contributed by atoms with E-state index in [1.165, 1.54) is 24.4 Å². The molecule has 36 heavy (non-hydrogen) atoms. The zero-order valence-electron chi connectivity index (χ0n) is 19.4. The number of fused-ring (bicyclic) bond motifs is 1. The molecule has 0 bridgehead atoms. The number of nitrogens with two attached hydrogens (primary N) is 1. The quantitative estimate of drug-likeness (QED) is 0.337. The Morgan fingerprint density at radius 1 is 1.08 bits per heavy atom. The zero-order valence-corrected chi connectivity index (χ0v) is 19.4. The van der Waals surface area contributed by atoms with Gasteiger partial charge in [0.1, 0.15) is 17.0 Å². The van der Waals surface area contributed by atoms with Gasteiger partial charge in [0.15, 0.2) is 0 Å². The van der Waals surface area contributed by atoms with E-state index in [1.54, 1.807) is 45.0 Å². The number of anilines is 2. The minimum absolute atomic E-state index is 0.0550. The van der Waals surface area contributed by atoms with Gasteiger partial charge in [0.05, 0.1) is 5.69 Å². The van der Waals surface area contributed by atoms with E-state index in [4.69, 9.17) is 10.5 Å². The van der Waals surface area contributed by atoms with Crippen molar-refractivity contribution in [1.29, 1.82) is 0 Å². The lowest BCUT2D eigenvalue weighted by Gasteiger charge is -2.19. The Kier molecular flexibility index (Phi) is 6.12. The molecule has 12 heteroatoms. The van der Waals surface area contributed by atoms with E-state index in [9.17, 15) is 22.8 Å². The number of hydrogen-bond acceptors (Lipinski definition) is 6. The van der Waals surface area contributed by atoms with E-state index in [1.807, 2.05) is 0 Å².